The number of likely N-dealkylation sites (N-methyl/N-ethyl adjacent to an activating group) is 2. The molecule has 8 aliphatic rings. The number of fused-ring (bicyclic) bond motifs is 6. The van der Waals surface area contributed by atoms with Gasteiger partial charge in [-0.05, 0) is 79.5 Å². The third kappa shape index (κ3) is 9.30. The molecular weight excluding hydrogens is 1000 g/mol. The van der Waals surface area contributed by atoms with E-state index in [0.29, 0.717) is 65.9 Å². The van der Waals surface area contributed by atoms with E-state index in [4.69, 9.17) is 24.4 Å². The molecule has 1 saturated carbocycles. The summed E-state index contributed by atoms with van der Waals surface area (Å²) in [6, 6.07) is 19.6. The van der Waals surface area contributed by atoms with Gasteiger partial charge < -0.3 is 38.9 Å². The van der Waals surface area contributed by atoms with Crippen LogP contribution in [0.25, 0.3) is 32.9 Å². The molecule has 17 heteroatoms. The Hall–Kier alpha value is -6.24. The number of nitrogens with zero attached hydrogens (tertiary/aromatic N) is 10. The van der Waals surface area contributed by atoms with Gasteiger partial charge in [0.1, 0.15) is 47.2 Å². The van der Waals surface area contributed by atoms with Crippen LogP contribution in [0.1, 0.15) is 62.6 Å². The second-order valence-electron chi connectivity index (χ2n) is 24.9. The zero-order chi connectivity index (χ0) is 54.6. The summed E-state index contributed by atoms with van der Waals surface area (Å²) < 4.78 is 30.6. The van der Waals surface area contributed by atoms with Crippen molar-refractivity contribution in [3.8, 4) is 23.0 Å². The van der Waals surface area contributed by atoms with Crippen LogP contribution in [0, 0.1) is 29.5 Å². The number of hydrogen-bond acceptors (Lipinski definition) is 13. The number of aromatic nitrogens is 3. The molecule has 16 nitrogen and oxygen atoms in total. The second-order valence-corrected chi connectivity index (χ2v) is 24.9. The Bertz CT molecular complexity index is 3270. The smallest absolute Gasteiger partial charge is 0.319 e. The van der Waals surface area contributed by atoms with Gasteiger partial charge in [0.25, 0.3) is 5.91 Å². The minimum Gasteiger partial charge on any atom is -0.511 e. The zero-order valence-corrected chi connectivity index (χ0v) is 46.7. The molecule has 5 saturated heterocycles. The number of quaternary nitrogens is 1. The lowest BCUT2D eigenvalue weighted by molar-refractivity contribution is -0.925. The highest BCUT2D eigenvalue weighted by atomic mass is 19.1. The van der Waals surface area contributed by atoms with Gasteiger partial charge in [0.05, 0.1) is 57.3 Å². The maximum absolute atomic E-state index is 17.3. The van der Waals surface area contributed by atoms with Crippen molar-refractivity contribution >= 4 is 39.3 Å². The van der Waals surface area contributed by atoms with E-state index in [-0.39, 0.29) is 64.5 Å². The molecule has 0 radical (unpaired) electrons. The molecule has 2 aliphatic carbocycles. The van der Waals surface area contributed by atoms with E-state index in [2.05, 4.69) is 77.7 Å². The molecule has 8 heterocycles. The number of carbonyl (C=O) groups is 2. The summed E-state index contributed by atoms with van der Waals surface area (Å²) >= 11 is 0. The predicted molar refractivity (Wildman–Crippen MR) is 301 cm³/mol. The number of carbonyl (C=O) groups excluding carboxylic acids is 2. The van der Waals surface area contributed by atoms with Crippen molar-refractivity contribution in [1.29, 1.82) is 0 Å². The Labute approximate surface area is 462 Å². The standard InChI is InChI=1S/C62H75FN10O6/c1-36(2)47-27-48(57(74)53-52(47)58(53)75)61(77)72-30-40-14-13-37(25-41(40)31-72)29-68-19-17-39(18-20-68)60(76)70-23-21-69(22-24-70)42-26-43(67(3)32-42)35-79-62-65-56-49(59(66-62)71-33-44-15-16-45(34-71)73(44,4)5)28-64-55(54(56)63)46-11-7-9-38-10-8-12-50(78-6)51(38)46/h7-14,25,27-28,36,39,42-45,52-53,58,75H,15-24,26,29-35H2,1-6H3/p+1/t42-,43-,44?,45?,52?,53?,58?/m0/s1. The van der Waals surface area contributed by atoms with Gasteiger partial charge >= 0.3 is 6.01 Å². The van der Waals surface area contributed by atoms with Crippen LogP contribution >= 0.6 is 0 Å². The zero-order valence-electron chi connectivity index (χ0n) is 46.7. The number of pyridine rings is 1. The first-order valence-corrected chi connectivity index (χ1v) is 28.9. The molecule has 2 amide bonds. The number of benzene rings is 3. The first-order valence-electron chi connectivity index (χ1n) is 28.9. The van der Waals surface area contributed by atoms with E-state index in [1.54, 1.807) is 18.2 Å². The quantitative estimate of drug-likeness (QED) is 0.127. The summed E-state index contributed by atoms with van der Waals surface area (Å²) in [6.07, 6.45) is 7.82. The van der Waals surface area contributed by atoms with E-state index in [1.807, 2.05) is 42.5 Å². The van der Waals surface area contributed by atoms with Crippen molar-refractivity contribution in [2.24, 2.45) is 23.7 Å². The molecule has 7 atom stereocenters. The van der Waals surface area contributed by atoms with Crippen LogP contribution in [0.2, 0.25) is 0 Å². The number of anilines is 1. The highest BCUT2D eigenvalue weighted by molar-refractivity contribution is 6.02. The topological polar surface area (TPSA) is 151 Å². The summed E-state index contributed by atoms with van der Waals surface area (Å²) in [5.41, 5.74) is 5.87. The number of aliphatic hydroxyl groups is 2. The third-order valence-corrected chi connectivity index (χ3v) is 19.9. The number of piperazine rings is 2. The summed E-state index contributed by atoms with van der Waals surface area (Å²) in [5, 5.41) is 23.8. The van der Waals surface area contributed by atoms with Crippen LogP contribution in [0.5, 0.6) is 11.8 Å². The van der Waals surface area contributed by atoms with Gasteiger partial charge in [-0.2, -0.15) is 9.97 Å². The number of likely N-dealkylation sites (tertiary alicyclic amines) is 2. The van der Waals surface area contributed by atoms with Crippen LogP contribution in [-0.2, 0) is 29.2 Å². The average Bonchev–Trinajstić information content (AvgIpc) is 3.94. The summed E-state index contributed by atoms with van der Waals surface area (Å²) in [4.78, 5) is 56.0. The van der Waals surface area contributed by atoms with Crippen molar-refractivity contribution in [2.45, 2.75) is 95.9 Å². The third-order valence-electron chi connectivity index (χ3n) is 19.9. The Kier molecular flexibility index (Phi) is 13.5. The Morgan fingerprint density at radius 1 is 0.873 bits per heavy atom. The summed E-state index contributed by atoms with van der Waals surface area (Å²) in [7, 11) is 8.43. The highest BCUT2D eigenvalue weighted by Crippen LogP contribution is 2.54. The molecule has 0 spiro atoms. The molecule has 5 unspecified atom stereocenters. The number of amides is 2. The molecule has 79 heavy (non-hydrogen) atoms. The van der Waals surface area contributed by atoms with Crippen molar-refractivity contribution in [3.05, 3.63) is 106 Å². The van der Waals surface area contributed by atoms with Crippen LogP contribution in [0.15, 0.2) is 83.8 Å². The Morgan fingerprint density at radius 3 is 2.34 bits per heavy atom. The van der Waals surface area contributed by atoms with Gasteiger partial charge in [0.2, 0.25) is 5.91 Å². The highest BCUT2D eigenvalue weighted by Gasteiger charge is 2.57. The SMILES string of the molecule is COc1cccc2cccc(-c3ncc4c(N5CC6CCC(C5)[N+]6(C)C)nc(OC[C@@H]5C[C@H](N6CCN(C(=O)C7CCN(Cc8ccc9c(c8)CN(C(=O)C8=C(O)C%10C(O)C%10C(C(C)C)=C8)C9)CC7)CC6)CN5C)nc4c3F)c12. The van der Waals surface area contributed by atoms with Crippen molar-refractivity contribution in [3.63, 3.8) is 0 Å². The fourth-order valence-electron chi connectivity index (χ4n) is 14.9. The van der Waals surface area contributed by atoms with E-state index in [1.165, 1.54) is 5.56 Å². The first kappa shape index (κ1) is 52.2. The Balaban J connectivity index is 0.616. The van der Waals surface area contributed by atoms with Gasteiger partial charge in [-0.15, -0.1) is 0 Å². The van der Waals surface area contributed by atoms with Crippen LogP contribution in [0.3, 0.4) is 0 Å². The van der Waals surface area contributed by atoms with Gasteiger partial charge in [-0.3, -0.25) is 29.3 Å². The number of hydrogen-bond donors (Lipinski definition) is 2. The molecule has 6 aliphatic heterocycles. The fourth-order valence-corrected chi connectivity index (χ4v) is 14.9. The number of rotatable bonds is 12. The number of halogens is 1. The monoisotopic (exact) mass is 1080 g/mol. The van der Waals surface area contributed by atoms with Crippen molar-refractivity contribution in [2.75, 3.05) is 98.7 Å². The molecule has 416 valence electrons. The van der Waals surface area contributed by atoms with Crippen molar-refractivity contribution < 1.29 is 38.1 Å². The van der Waals surface area contributed by atoms with Gasteiger partial charge in [-0.1, -0.05) is 68.0 Å². The Morgan fingerprint density at radius 2 is 1.61 bits per heavy atom. The minimum absolute atomic E-state index is 0.0243. The summed E-state index contributed by atoms with van der Waals surface area (Å²) in [6.45, 7) is 13.6. The number of ether oxygens (including phenoxy) is 2. The number of methoxy groups -OCH3 is 1. The van der Waals surface area contributed by atoms with Gasteiger partial charge in [-0.25, -0.2) is 4.39 Å². The molecule has 2 N–H and O–H groups in total. The number of aliphatic hydroxyl groups excluding tert-OH is 2. The van der Waals surface area contributed by atoms with Crippen LogP contribution < -0.4 is 14.4 Å². The lowest BCUT2D eigenvalue weighted by atomic mass is 9.90. The lowest BCUT2D eigenvalue weighted by Crippen LogP contribution is -2.62. The average molecular weight is 1080 g/mol. The fraction of sp³-hybridized carbons (Fsp3) is 0.532. The predicted octanol–water partition coefficient (Wildman–Crippen LogP) is 6.79. The molecule has 2 aromatic heterocycles. The van der Waals surface area contributed by atoms with Crippen LogP contribution in [0.4, 0.5) is 10.2 Å². The van der Waals surface area contributed by atoms with Gasteiger partial charge in [0, 0.05) is 106 Å². The van der Waals surface area contributed by atoms with Gasteiger partial charge in [0.15, 0.2) is 5.82 Å². The first-order chi connectivity index (χ1) is 38.1. The molecule has 6 fully saturated rings. The minimum atomic E-state index is -0.618. The molecule has 3 aromatic carbocycles. The lowest BCUT2D eigenvalue weighted by Gasteiger charge is -2.46. The number of piperidine rings is 1. The van der Waals surface area contributed by atoms with E-state index < -0.39 is 11.9 Å². The van der Waals surface area contributed by atoms with E-state index in [9.17, 15) is 19.8 Å². The maximum atomic E-state index is 17.3. The van der Waals surface area contributed by atoms with E-state index in [0.717, 1.165) is 130 Å². The van der Waals surface area contributed by atoms with Crippen molar-refractivity contribution in [1.82, 2.24) is 39.5 Å². The molecule has 2 bridgehead atoms. The summed E-state index contributed by atoms with van der Waals surface area (Å²) in [5.74, 6) is 0.718. The maximum Gasteiger partial charge on any atom is 0.319 e. The van der Waals surface area contributed by atoms with E-state index >= 15 is 4.39 Å². The normalized spacial score (nSPS) is 27.3. The molecule has 13 rings (SSSR count). The van der Waals surface area contributed by atoms with Crippen LogP contribution in [-0.4, -0.2) is 190 Å². The molecule has 5 aromatic rings. The molecular formula is C62H76FN10O6+. The largest absolute Gasteiger partial charge is 0.511 e. The second kappa shape index (κ2) is 20.4.